The molecule has 3 heterocycles. The average Bonchev–Trinajstić information content (AvgIpc) is 2.24. The van der Waals surface area contributed by atoms with Gasteiger partial charge in [-0.2, -0.15) is 13.2 Å². The first-order valence-corrected chi connectivity index (χ1v) is 6.12. The number of fused-ring (bicyclic) bond motifs is 2. The molecule has 0 N–H and O–H groups in total. The standard InChI is InChI=1S/C9H12F3IN2O/c10-9(11,12)2-1-8(16)14-4-6-3-7(5-14)15(6)13/h6-7H,1-5H2. The molecule has 0 aromatic rings. The summed E-state index contributed by atoms with van der Waals surface area (Å²) in [5, 5.41) is 0. The molecular formula is C9H12F3IN2O. The number of hydrogen-bond acceptors (Lipinski definition) is 2. The molecule has 1 amide bonds. The maximum absolute atomic E-state index is 12.0. The normalized spacial score (nSPS) is 30.1. The van der Waals surface area contributed by atoms with Crippen molar-refractivity contribution in [3.05, 3.63) is 0 Å². The Morgan fingerprint density at radius 1 is 1.31 bits per heavy atom. The lowest BCUT2D eigenvalue weighted by molar-refractivity contribution is -0.152. The maximum atomic E-state index is 12.0. The molecule has 16 heavy (non-hydrogen) atoms. The topological polar surface area (TPSA) is 23.6 Å². The molecule has 3 saturated heterocycles. The predicted octanol–water partition coefficient (Wildman–Crippen LogP) is 1.96. The van der Waals surface area contributed by atoms with Gasteiger partial charge in [0.1, 0.15) is 0 Å². The molecule has 0 radical (unpaired) electrons. The number of carbonyl (C=O) groups is 1. The molecular weight excluding hydrogens is 336 g/mol. The number of nitrogens with zero attached hydrogens (tertiary/aromatic N) is 2. The van der Waals surface area contributed by atoms with E-state index in [0.717, 1.165) is 6.42 Å². The van der Waals surface area contributed by atoms with Gasteiger partial charge in [-0.3, -0.25) is 4.79 Å². The summed E-state index contributed by atoms with van der Waals surface area (Å²) >= 11 is 2.22. The van der Waals surface area contributed by atoms with Crippen LogP contribution in [0, 0.1) is 0 Å². The van der Waals surface area contributed by atoms with Crippen molar-refractivity contribution in [3.8, 4) is 0 Å². The minimum Gasteiger partial charge on any atom is -0.339 e. The molecule has 3 aliphatic rings. The van der Waals surface area contributed by atoms with Gasteiger partial charge in [0.05, 0.1) is 6.42 Å². The molecule has 7 heteroatoms. The lowest BCUT2D eigenvalue weighted by Gasteiger charge is -2.53. The number of halogens is 4. The lowest BCUT2D eigenvalue weighted by Crippen LogP contribution is -2.65. The van der Waals surface area contributed by atoms with Crippen molar-refractivity contribution in [2.45, 2.75) is 37.5 Å². The Balaban J connectivity index is 1.79. The van der Waals surface area contributed by atoms with E-state index >= 15 is 0 Å². The second-order valence-electron chi connectivity index (χ2n) is 4.30. The van der Waals surface area contributed by atoms with E-state index in [9.17, 15) is 18.0 Å². The average molecular weight is 348 g/mol. The second-order valence-corrected chi connectivity index (χ2v) is 5.42. The van der Waals surface area contributed by atoms with Gasteiger partial charge in [0.25, 0.3) is 0 Å². The Labute approximate surface area is 105 Å². The molecule has 3 aliphatic heterocycles. The highest BCUT2D eigenvalue weighted by Gasteiger charge is 2.44. The van der Waals surface area contributed by atoms with Crippen LogP contribution in [0.15, 0.2) is 0 Å². The predicted molar refractivity (Wildman–Crippen MR) is 59.9 cm³/mol. The second kappa shape index (κ2) is 4.32. The van der Waals surface area contributed by atoms with E-state index in [1.54, 1.807) is 4.90 Å². The Hall–Kier alpha value is -0.0500. The molecule has 3 rings (SSSR count). The van der Waals surface area contributed by atoms with Gasteiger partial charge < -0.3 is 4.90 Å². The maximum Gasteiger partial charge on any atom is 0.389 e. The zero-order valence-corrected chi connectivity index (χ0v) is 10.7. The number of carbonyl (C=O) groups excluding carboxylic acids is 1. The van der Waals surface area contributed by atoms with Crippen molar-refractivity contribution >= 4 is 28.8 Å². The number of hydrogen-bond donors (Lipinski definition) is 0. The van der Waals surface area contributed by atoms with Crippen LogP contribution in [0.1, 0.15) is 19.3 Å². The minimum atomic E-state index is -4.23. The fraction of sp³-hybridized carbons (Fsp3) is 0.889. The lowest BCUT2D eigenvalue weighted by atomic mass is 9.91. The van der Waals surface area contributed by atoms with E-state index in [4.69, 9.17) is 0 Å². The summed E-state index contributed by atoms with van der Waals surface area (Å²) in [5.74, 6) is -0.364. The minimum absolute atomic E-state index is 0.342. The van der Waals surface area contributed by atoms with Gasteiger partial charge >= 0.3 is 6.18 Å². The van der Waals surface area contributed by atoms with E-state index in [1.165, 1.54) is 0 Å². The molecule has 0 spiro atoms. The van der Waals surface area contributed by atoms with Gasteiger partial charge in [0.2, 0.25) is 5.91 Å². The van der Waals surface area contributed by atoms with Crippen LogP contribution in [-0.4, -0.2) is 45.3 Å². The highest BCUT2D eigenvalue weighted by Crippen LogP contribution is 2.35. The summed E-state index contributed by atoms with van der Waals surface area (Å²) < 4.78 is 38.0. The summed E-state index contributed by atoms with van der Waals surface area (Å²) in [7, 11) is 0. The smallest absolute Gasteiger partial charge is 0.339 e. The summed E-state index contributed by atoms with van der Waals surface area (Å²) in [6.07, 6.45) is -4.59. The monoisotopic (exact) mass is 348 g/mol. The molecule has 3 fully saturated rings. The van der Waals surface area contributed by atoms with Gasteiger partial charge in [-0.25, -0.2) is 3.11 Å². The van der Waals surface area contributed by atoms with Crippen LogP contribution in [0.25, 0.3) is 0 Å². The van der Waals surface area contributed by atoms with Crippen LogP contribution in [0.5, 0.6) is 0 Å². The third-order valence-electron chi connectivity index (χ3n) is 3.08. The van der Waals surface area contributed by atoms with Gasteiger partial charge in [0, 0.05) is 54.5 Å². The van der Waals surface area contributed by atoms with Crippen LogP contribution in [0.4, 0.5) is 13.2 Å². The largest absolute Gasteiger partial charge is 0.389 e. The van der Waals surface area contributed by atoms with Gasteiger partial charge in [-0.05, 0) is 6.42 Å². The summed E-state index contributed by atoms with van der Waals surface area (Å²) in [6.45, 7) is 1.16. The van der Waals surface area contributed by atoms with E-state index in [-0.39, 0.29) is 5.91 Å². The molecule has 3 nitrogen and oxygen atoms in total. The van der Waals surface area contributed by atoms with Crippen molar-refractivity contribution in [3.63, 3.8) is 0 Å². The molecule has 2 unspecified atom stereocenters. The highest BCUT2D eigenvalue weighted by atomic mass is 127. The number of piperazine rings is 1. The van der Waals surface area contributed by atoms with Gasteiger partial charge in [0.15, 0.2) is 0 Å². The van der Waals surface area contributed by atoms with Crippen LogP contribution < -0.4 is 0 Å². The molecule has 2 atom stereocenters. The van der Waals surface area contributed by atoms with E-state index in [0.29, 0.717) is 25.2 Å². The van der Waals surface area contributed by atoms with Crippen molar-refractivity contribution < 1.29 is 18.0 Å². The van der Waals surface area contributed by atoms with E-state index < -0.39 is 19.0 Å². The van der Waals surface area contributed by atoms with E-state index in [1.807, 2.05) is 0 Å². The summed E-state index contributed by atoms with van der Waals surface area (Å²) in [6, 6.07) is 0.684. The Morgan fingerprint density at radius 2 is 1.88 bits per heavy atom. The van der Waals surface area contributed by atoms with Crippen molar-refractivity contribution in [2.75, 3.05) is 13.1 Å². The van der Waals surface area contributed by atoms with Gasteiger partial charge in [-0.15, -0.1) is 0 Å². The number of amides is 1. The zero-order valence-electron chi connectivity index (χ0n) is 8.50. The first kappa shape index (κ1) is 12.4. The fourth-order valence-electron chi connectivity index (χ4n) is 2.17. The van der Waals surface area contributed by atoms with Gasteiger partial charge in [-0.1, -0.05) is 0 Å². The highest BCUT2D eigenvalue weighted by molar-refractivity contribution is 14.1. The Morgan fingerprint density at radius 3 is 2.31 bits per heavy atom. The third kappa shape index (κ3) is 2.61. The first-order valence-electron chi connectivity index (χ1n) is 5.15. The zero-order chi connectivity index (χ0) is 11.9. The number of piperidine rings is 1. The molecule has 0 aromatic carbocycles. The quantitative estimate of drug-likeness (QED) is 0.563. The molecule has 2 bridgehead atoms. The van der Waals surface area contributed by atoms with Crippen molar-refractivity contribution in [2.24, 2.45) is 0 Å². The molecule has 92 valence electrons. The summed E-state index contributed by atoms with van der Waals surface area (Å²) in [4.78, 5) is 13.1. The SMILES string of the molecule is O=C(CCC(F)(F)F)N1CC2CC(C1)N2I. The molecule has 0 aliphatic carbocycles. The molecule has 0 saturated carbocycles. The molecule has 0 aromatic heterocycles. The Kier molecular flexibility index (Phi) is 3.35. The van der Waals surface area contributed by atoms with Crippen LogP contribution in [-0.2, 0) is 4.79 Å². The fourth-order valence-corrected chi connectivity index (χ4v) is 2.98. The van der Waals surface area contributed by atoms with Crippen LogP contribution in [0.2, 0.25) is 0 Å². The Bertz CT molecular complexity index is 285. The van der Waals surface area contributed by atoms with Crippen LogP contribution >= 0.6 is 22.9 Å². The van der Waals surface area contributed by atoms with E-state index in [2.05, 4.69) is 26.0 Å². The van der Waals surface area contributed by atoms with Crippen LogP contribution in [0.3, 0.4) is 0 Å². The third-order valence-corrected chi connectivity index (χ3v) is 4.65. The summed E-state index contributed by atoms with van der Waals surface area (Å²) in [5.41, 5.74) is 0. The van der Waals surface area contributed by atoms with Crippen molar-refractivity contribution in [1.29, 1.82) is 0 Å². The first-order chi connectivity index (χ1) is 7.37. The van der Waals surface area contributed by atoms with Crippen molar-refractivity contribution in [1.82, 2.24) is 8.01 Å². The number of alkyl halides is 3. The number of rotatable bonds is 2.